The number of amides is 2. The lowest BCUT2D eigenvalue weighted by molar-refractivity contribution is 0.101. The molecule has 170 valence electrons. The minimum Gasteiger partial charge on any atom is -0.322 e. The highest BCUT2D eigenvalue weighted by molar-refractivity contribution is 6.14. The van der Waals surface area contributed by atoms with E-state index in [0.717, 1.165) is 27.7 Å². The highest BCUT2D eigenvalue weighted by Crippen LogP contribution is 2.27. The van der Waals surface area contributed by atoms with Crippen LogP contribution in [0.4, 0.5) is 11.4 Å². The number of carbonyl (C=O) groups excluding carboxylic acids is 2. The second-order valence-electron chi connectivity index (χ2n) is 8.25. The summed E-state index contributed by atoms with van der Waals surface area (Å²) in [5.41, 5.74) is 5.67. The van der Waals surface area contributed by atoms with Gasteiger partial charge in [0.2, 0.25) is 0 Å². The van der Waals surface area contributed by atoms with E-state index >= 15 is 0 Å². The lowest BCUT2D eigenvalue weighted by Crippen LogP contribution is -2.15. The molecule has 35 heavy (non-hydrogen) atoms. The molecule has 2 N–H and O–H groups in total. The number of aromatic nitrogens is 1. The number of rotatable bonds is 5. The average Bonchev–Trinajstić information content (AvgIpc) is 2.89. The van der Waals surface area contributed by atoms with Crippen molar-refractivity contribution in [3.05, 3.63) is 126 Å². The van der Waals surface area contributed by atoms with Gasteiger partial charge >= 0.3 is 0 Å². The van der Waals surface area contributed by atoms with Gasteiger partial charge < -0.3 is 10.6 Å². The maximum Gasteiger partial charge on any atom is 0.256 e. The van der Waals surface area contributed by atoms with Crippen LogP contribution >= 0.6 is 0 Å². The summed E-state index contributed by atoms with van der Waals surface area (Å²) in [4.78, 5) is 31.0. The summed E-state index contributed by atoms with van der Waals surface area (Å²) in [6.07, 6.45) is 0. The number of para-hydroxylation sites is 2. The van der Waals surface area contributed by atoms with Crippen LogP contribution in [0.5, 0.6) is 0 Å². The molecule has 0 bridgehead atoms. The van der Waals surface area contributed by atoms with Crippen LogP contribution in [0, 0.1) is 6.92 Å². The Morgan fingerprint density at radius 3 is 2.09 bits per heavy atom. The quantitative estimate of drug-likeness (QED) is 0.308. The van der Waals surface area contributed by atoms with E-state index in [4.69, 9.17) is 4.98 Å². The molecule has 0 radical (unpaired) electrons. The molecular formula is C30H23N3O2. The lowest BCUT2D eigenvalue weighted by Gasteiger charge is -2.13. The van der Waals surface area contributed by atoms with Gasteiger partial charge in [-0.05, 0) is 48.9 Å². The van der Waals surface area contributed by atoms with E-state index in [-0.39, 0.29) is 11.8 Å². The molecule has 0 unspecified atom stereocenters. The molecule has 0 aliphatic heterocycles. The molecule has 0 atom stereocenters. The number of hydrogen-bond acceptors (Lipinski definition) is 3. The van der Waals surface area contributed by atoms with Crippen molar-refractivity contribution in [3.63, 3.8) is 0 Å². The Hall–Kier alpha value is -4.77. The Labute approximate surface area is 203 Å². The Bertz CT molecular complexity index is 1530. The zero-order valence-electron chi connectivity index (χ0n) is 19.2. The van der Waals surface area contributed by atoms with Gasteiger partial charge in [-0.1, -0.05) is 72.8 Å². The number of benzene rings is 4. The molecular weight excluding hydrogens is 434 g/mol. The van der Waals surface area contributed by atoms with E-state index in [0.29, 0.717) is 22.5 Å². The first-order valence-corrected chi connectivity index (χ1v) is 11.3. The van der Waals surface area contributed by atoms with Crippen LogP contribution < -0.4 is 10.6 Å². The highest BCUT2D eigenvalue weighted by atomic mass is 16.2. The maximum atomic E-state index is 13.5. The molecule has 2 amide bonds. The highest BCUT2D eigenvalue weighted by Gasteiger charge is 2.16. The lowest BCUT2D eigenvalue weighted by atomic mass is 10.0. The molecule has 5 heteroatoms. The van der Waals surface area contributed by atoms with E-state index in [1.165, 1.54) is 0 Å². The molecule has 0 aliphatic carbocycles. The van der Waals surface area contributed by atoms with E-state index in [9.17, 15) is 9.59 Å². The Balaban J connectivity index is 1.47. The molecule has 5 nitrogen and oxygen atoms in total. The molecule has 1 aromatic heterocycles. The van der Waals surface area contributed by atoms with Crippen molar-refractivity contribution in [1.29, 1.82) is 0 Å². The molecule has 5 rings (SSSR count). The number of hydrogen-bond donors (Lipinski definition) is 2. The Kier molecular flexibility index (Phi) is 6.05. The van der Waals surface area contributed by atoms with E-state index in [1.54, 1.807) is 24.3 Å². The van der Waals surface area contributed by atoms with Gasteiger partial charge in [-0.3, -0.25) is 9.59 Å². The Morgan fingerprint density at radius 2 is 1.31 bits per heavy atom. The van der Waals surface area contributed by atoms with Gasteiger partial charge in [0.05, 0.1) is 16.8 Å². The molecule has 4 aromatic carbocycles. The normalized spacial score (nSPS) is 10.7. The van der Waals surface area contributed by atoms with Crippen LogP contribution in [0.3, 0.4) is 0 Å². The summed E-state index contributed by atoms with van der Waals surface area (Å²) < 4.78 is 0. The predicted octanol–water partition coefficient (Wildman–Crippen LogP) is 6.71. The third-order valence-electron chi connectivity index (χ3n) is 5.77. The molecule has 1 heterocycles. The van der Waals surface area contributed by atoms with Gasteiger partial charge in [-0.15, -0.1) is 0 Å². The SMILES string of the molecule is Cc1cccc2c(C(=O)Nc3cccc(C(=O)Nc4ccccc4)c3)cc(-c3ccccc3)nc12. The van der Waals surface area contributed by atoms with Crippen molar-refractivity contribution in [1.82, 2.24) is 4.98 Å². The zero-order chi connectivity index (χ0) is 24.2. The molecule has 0 aliphatic rings. The number of fused-ring (bicyclic) bond motifs is 1. The van der Waals surface area contributed by atoms with Gasteiger partial charge in [-0.25, -0.2) is 4.98 Å². The van der Waals surface area contributed by atoms with Gasteiger partial charge in [0.25, 0.3) is 11.8 Å². The third-order valence-corrected chi connectivity index (χ3v) is 5.77. The van der Waals surface area contributed by atoms with Crippen molar-refractivity contribution in [2.24, 2.45) is 0 Å². The molecule has 5 aromatic rings. The number of nitrogens with zero attached hydrogens (tertiary/aromatic N) is 1. The van der Waals surface area contributed by atoms with Crippen molar-refractivity contribution >= 4 is 34.1 Å². The minimum absolute atomic E-state index is 0.247. The zero-order valence-corrected chi connectivity index (χ0v) is 19.2. The average molecular weight is 458 g/mol. The molecule has 0 saturated heterocycles. The maximum absolute atomic E-state index is 13.5. The number of nitrogens with one attached hydrogen (secondary N) is 2. The van der Waals surface area contributed by atoms with Crippen LogP contribution in [0.25, 0.3) is 22.2 Å². The van der Waals surface area contributed by atoms with Gasteiger partial charge in [0.1, 0.15) is 0 Å². The fourth-order valence-corrected chi connectivity index (χ4v) is 4.00. The third kappa shape index (κ3) is 4.80. The van der Waals surface area contributed by atoms with Crippen LogP contribution in [0.2, 0.25) is 0 Å². The van der Waals surface area contributed by atoms with Crippen LogP contribution in [0.1, 0.15) is 26.3 Å². The summed E-state index contributed by atoms with van der Waals surface area (Å²) in [5, 5.41) is 6.61. The monoisotopic (exact) mass is 457 g/mol. The smallest absolute Gasteiger partial charge is 0.256 e. The summed E-state index contributed by atoms with van der Waals surface area (Å²) in [5.74, 6) is -0.510. The van der Waals surface area contributed by atoms with Crippen molar-refractivity contribution in [2.75, 3.05) is 10.6 Å². The van der Waals surface area contributed by atoms with Crippen LogP contribution in [0.15, 0.2) is 109 Å². The largest absolute Gasteiger partial charge is 0.322 e. The van der Waals surface area contributed by atoms with Crippen molar-refractivity contribution < 1.29 is 9.59 Å². The van der Waals surface area contributed by atoms with Gasteiger partial charge in [0, 0.05) is 27.9 Å². The summed E-state index contributed by atoms with van der Waals surface area (Å²) in [6, 6.07) is 33.6. The standard InChI is InChI=1S/C30H23N3O2/c1-20-10-8-17-25-26(19-27(33-28(20)25)21-11-4-2-5-12-21)30(35)32-24-16-9-13-22(18-24)29(34)31-23-14-6-3-7-15-23/h2-19H,1H3,(H,31,34)(H,32,35). The van der Waals surface area contributed by atoms with Crippen molar-refractivity contribution in [3.8, 4) is 11.3 Å². The first-order chi connectivity index (χ1) is 17.1. The van der Waals surface area contributed by atoms with Gasteiger partial charge in [-0.2, -0.15) is 0 Å². The number of carbonyl (C=O) groups is 2. The second kappa shape index (κ2) is 9.61. The topological polar surface area (TPSA) is 71.1 Å². The Morgan fingerprint density at radius 1 is 0.657 bits per heavy atom. The van der Waals surface area contributed by atoms with Crippen LogP contribution in [-0.2, 0) is 0 Å². The summed E-state index contributed by atoms with van der Waals surface area (Å²) in [7, 11) is 0. The second-order valence-corrected chi connectivity index (χ2v) is 8.25. The molecule has 0 fully saturated rings. The predicted molar refractivity (Wildman–Crippen MR) is 141 cm³/mol. The fraction of sp³-hybridized carbons (Fsp3) is 0.0333. The van der Waals surface area contributed by atoms with E-state index < -0.39 is 0 Å². The number of pyridine rings is 1. The first kappa shape index (κ1) is 22.0. The van der Waals surface area contributed by atoms with E-state index in [2.05, 4.69) is 10.6 Å². The molecule has 0 spiro atoms. The summed E-state index contributed by atoms with van der Waals surface area (Å²) in [6.45, 7) is 1.99. The molecule has 0 saturated carbocycles. The van der Waals surface area contributed by atoms with Crippen LogP contribution in [-0.4, -0.2) is 16.8 Å². The number of aryl methyl sites for hydroxylation is 1. The summed E-state index contributed by atoms with van der Waals surface area (Å²) >= 11 is 0. The van der Waals surface area contributed by atoms with Crippen molar-refractivity contribution in [2.45, 2.75) is 6.92 Å². The van der Waals surface area contributed by atoms with Gasteiger partial charge in [0.15, 0.2) is 0 Å². The first-order valence-electron chi connectivity index (χ1n) is 11.3. The minimum atomic E-state index is -0.263. The number of anilines is 2. The van der Waals surface area contributed by atoms with E-state index in [1.807, 2.05) is 91.9 Å². The fourth-order valence-electron chi connectivity index (χ4n) is 4.00.